The summed E-state index contributed by atoms with van der Waals surface area (Å²) in [5.41, 5.74) is 2.71. The molecule has 2 heterocycles. The van der Waals surface area contributed by atoms with Crippen LogP contribution in [0.1, 0.15) is 5.56 Å². The highest BCUT2D eigenvalue weighted by Crippen LogP contribution is 2.31. The molecule has 3 aromatic rings. The van der Waals surface area contributed by atoms with E-state index in [1.54, 1.807) is 26.4 Å². The van der Waals surface area contributed by atoms with E-state index < -0.39 is 0 Å². The van der Waals surface area contributed by atoms with Crippen molar-refractivity contribution in [1.29, 1.82) is 0 Å². The van der Waals surface area contributed by atoms with Crippen molar-refractivity contribution in [3.05, 3.63) is 82.7 Å². The Morgan fingerprint density at radius 1 is 0.879 bits per heavy atom. The van der Waals surface area contributed by atoms with E-state index >= 15 is 0 Å². The molecule has 0 unspecified atom stereocenters. The summed E-state index contributed by atoms with van der Waals surface area (Å²) in [6, 6.07) is 19.3. The van der Waals surface area contributed by atoms with E-state index in [0.29, 0.717) is 18.2 Å². The van der Waals surface area contributed by atoms with Crippen molar-refractivity contribution >= 4 is 6.08 Å². The van der Waals surface area contributed by atoms with Crippen LogP contribution in [0.4, 0.5) is 0 Å². The Morgan fingerprint density at radius 3 is 2.33 bits per heavy atom. The molecule has 172 valence electrons. The largest absolute Gasteiger partial charge is 0.493 e. The molecule has 1 fully saturated rings. The summed E-state index contributed by atoms with van der Waals surface area (Å²) < 4.78 is 12.2. The van der Waals surface area contributed by atoms with Gasteiger partial charge in [0.25, 0.3) is 5.56 Å². The zero-order valence-corrected chi connectivity index (χ0v) is 19.2. The van der Waals surface area contributed by atoms with Crippen LogP contribution in [0.15, 0.2) is 71.5 Å². The second-order valence-corrected chi connectivity index (χ2v) is 8.00. The van der Waals surface area contributed by atoms with Crippen molar-refractivity contribution in [2.45, 2.75) is 6.67 Å². The summed E-state index contributed by atoms with van der Waals surface area (Å²) in [6.07, 6.45) is 4.37. The van der Waals surface area contributed by atoms with Crippen LogP contribution in [0.25, 0.3) is 17.3 Å². The van der Waals surface area contributed by atoms with Gasteiger partial charge >= 0.3 is 0 Å². The Balaban J connectivity index is 1.36. The van der Waals surface area contributed by atoms with Crippen LogP contribution < -0.4 is 15.0 Å². The number of benzene rings is 2. The first kappa shape index (κ1) is 22.8. The highest BCUT2D eigenvalue weighted by Gasteiger charge is 2.17. The van der Waals surface area contributed by atoms with Gasteiger partial charge < -0.3 is 9.47 Å². The molecule has 1 saturated heterocycles. The van der Waals surface area contributed by atoms with Crippen molar-refractivity contribution in [3.63, 3.8) is 0 Å². The van der Waals surface area contributed by atoms with Gasteiger partial charge in [-0.15, -0.1) is 0 Å². The average Bonchev–Trinajstić information content (AvgIpc) is 2.86. The molecule has 1 aliphatic heterocycles. The highest BCUT2D eigenvalue weighted by atomic mass is 16.5. The van der Waals surface area contributed by atoms with Gasteiger partial charge in [-0.3, -0.25) is 14.6 Å². The molecule has 7 heteroatoms. The molecule has 0 saturated carbocycles. The molecule has 1 aromatic heterocycles. The number of aromatic nitrogens is 2. The van der Waals surface area contributed by atoms with Gasteiger partial charge in [0.2, 0.25) is 0 Å². The molecule has 0 bridgehead atoms. The summed E-state index contributed by atoms with van der Waals surface area (Å²) >= 11 is 0. The minimum absolute atomic E-state index is 0.104. The standard InChI is InChI=1S/C26H30N4O3/c1-32-24-12-10-22(19-25(24)33-2)23-11-13-26(31)30(27-23)20-29-17-15-28(16-18-29)14-6-9-21-7-4-3-5-8-21/h3-13,19H,14-18,20H2,1-2H3. The van der Waals surface area contributed by atoms with Crippen molar-refractivity contribution in [1.82, 2.24) is 19.6 Å². The molecule has 0 aliphatic carbocycles. The maximum atomic E-state index is 12.4. The van der Waals surface area contributed by atoms with Crippen molar-refractivity contribution in [3.8, 4) is 22.8 Å². The molecule has 0 radical (unpaired) electrons. The first-order chi connectivity index (χ1) is 16.2. The van der Waals surface area contributed by atoms with Crippen LogP contribution in [-0.2, 0) is 6.67 Å². The van der Waals surface area contributed by atoms with Crippen LogP contribution >= 0.6 is 0 Å². The minimum atomic E-state index is -0.104. The third-order valence-electron chi connectivity index (χ3n) is 5.82. The average molecular weight is 447 g/mol. The van der Waals surface area contributed by atoms with Crippen molar-refractivity contribution in [2.24, 2.45) is 0 Å². The van der Waals surface area contributed by atoms with E-state index in [4.69, 9.17) is 9.47 Å². The fraction of sp³-hybridized carbons (Fsp3) is 0.308. The first-order valence-electron chi connectivity index (χ1n) is 11.1. The Bertz CT molecular complexity index is 1140. The number of piperazine rings is 1. The second kappa shape index (κ2) is 10.9. The lowest BCUT2D eigenvalue weighted by atomic mass is 10.1. The zero-order valence-electron chi connectivity index (χ0n) is 19.2. The predicted octanol–water partition coefficient (Wildman–Crippen LogP) is 3.22. The number of ether oxygens (including phenoxy) is 2. The summed E-state index contributed by atoms with van der Waals surface area (Å²) in [6.45, 7) is 5.12. The smallest absolute Gasteiger partial charge is 0.268 e. The maximum Gasteiger partial charge on any atom is 0.268 e. The monoisotopic (exact) mass is 446 g/mol. The van der Waals surface area contributed by atoms with E-state index in [1.165, 1.54) is 10.2 Å². The molecule has 0 N–H and O–H groups in total. The quantitative estimate of drug-likeness (QED) is 0.530. The summed E-state index contributed by atoms with van der Waals surface area (Å²) in [5.74, 6) is 1.29. The van der Waals surface area contributed by atoms with Crippen LogP contribution in [-0.4, -0.2) is 66.5 Å². The Morgan fingerprint density at radius 2 is 1.61 bits per heavy atom. The molecule has 4 rings (SSSR count). The lowest BCUT2D eigenvalue weighted by molar-refractivity contribution is 0.109. The molecule has 33 heavy (non-hydrogen) atoms. The van der Waals surface area contributed by atoms with Gasteiger partial charge in [0.1, 0.15) is 0 Å². The van der Waals surface area contributed by atoms with E-state index in [0.717, 1.165) is 44.0 Å². The molecular weight excluding hydrogens is 416 g/mol. The second-order valence-electron chi connectivity index (χ2n) is 8.00. The van der Waals surface area contributed by atoms with Crippen LogP contribution in [0.3, 0.4) is 0 Å². The lowest BCUT2D eigenvalue weighted by Gasteiger charge is -2.34. The van der Waals surface area contributed by atoms with Gasteiger partial charge in [0.05, 0.1) is 26.6 Å². The van der Waals surface area contributed by atoms with Crippen LogP contribution in [0.5, 0.6) is 11.5 Å². The number of hydrogen-bond acceptors (Lipinski definition) is 6. The normalized spacial score (nSPS) is 15.1. The number of nitrogens with zero attached hydrogens (tertiary/aromatic N) is 4. The summed E-state index contributed by atoms with van der Waals surface area (Å²) in [4.78, 5) is 17.1. The number of rotatable bonds is 8. The predicted molar refractivity (Wildman–Crippen MR) is 131 cm³/mol. The molecule has 0 amide bonds. The number of hydrogen-bond donors (Lipinski definition) is 0. The molecule has 1 aliphatic rings. The third-order valence-corrected chi connectivity index (χ3v) is 5.82. The SMILES string of the molecule is COc1ccc(-c2ccc(=O)n(CN3CCN(CC=Cc4ccccc4)CC3)n2)cc1OC. The Kier molecular flexibility index (Phi) is 7.55. The molecule has 2 aromatic carbocycles. The lowest BCUT2D eigenvalue weighted by Crippen LogP contribution is -2.47. The molecule has 0 spiro atoms. The van der Waals surface area contributed by atoms with Crippen LogP contribution in [0.2, 0.25) is 0 Å². The minimum Gasteiger partial charge on any atom is -0.493 e. The summed E-state index contributed by atoms with van der Waals surface area (Å²) in [7, 11) is 3.21. The van der Waals surface area contributed by atoms with Crippen molar-refractivity contribution < 1.29 is 9.47 Å². The van der Waals surface area contributed by atoms with Gasteiger partial charge in [-0.05, 0) is 29.8 Å². The van der Waals surface area contributed by atoms with Crippen LogP contribution in [0, 0.1) is 0 Å². The van der Waals surface area contributed by atoms with E-state index in [9.17, 15) is 4.79 Å². The fourth-order valence-electron chi connectivity index (χ4n) is 3.90. The van der Waals surface area contributed by atoms with Gasteiger partial charge in [-0.2, -0.15) is 5.10 Å². The maximum absolute atomic E-state index is 12.4. The Labute approximate surface area is 194 Å². The molecular formula is C26H30N4O3. The van der Waals surface area contributed by atoms with E-state index in [2.05, 4.69) is 51.3 Å². The topological polar surface area (TPSA) is 59.8 Å². The Hall–Kier alpha value is -3.42. The molecule has 7 nitrogen and oxygen atoms in total. The van der Waals surface area contributed by atoms with Crippen molar-refractivity contribution in [2.75, 3.05) is 46.9 Å². The number of methoxy groups -OCH3 is 2. The van der Waals surface area contributed by atoms with Gasteiger partial charge in [-0.25, -0.2) is 4.68 Å². The van der Waals surface area contributed by atoms with Gasteiger partial charge in [-0.1, -0.05) is 42.5 Å². The first-order valence-corrected chi connectivity index (χ1v) is 11.1. The van der Waals surface area contributed by atoms with E-state index in [1.807, 2.05) is 24.3 Å². The highest BCUT2D eigenvalue weighted by molar-refractivity contribution is 5.63. The third kappa shape index (κ3) is 5.88. The van der Waals surface area contributed by atoms with E-state index in [-0.39, 0.29) is 5.56 Å². The fourth-order valence-corrected chi connectivity index (χ4v) is 3.90. The molecule has 0 atom stereocenters. The zero-order chi connectivity index (χ0) is 23.0. The summed E-state index contributed by atoms with van der Waals surface area (Å²) in [5, 5.41) is 4.61. The van der Waals surface area contributed by atoms with Gasteiger partial charge in [0.15, 0.2) is 11.5 Å². The van der Waals surface area contributed by atoms with Gasteiger partial charge in [0, 0.05) is 44.4 Å².